The van der Waals surface area contributed by atoms with E-state index in [1.807, 2.05) is 0 Å². The zero-order valence-corrected chi connectivity index (χ0v) is 11.4. The maximum Gasteiger partial charge on any atom is 0.416 e. The molecule has 0 heterocycles. The average molecular weight is 286 g/mol. The number of rotatable bonds is 3. The summed E-state index contributed by atoms with van der Waals surface area (Å²) < 4.78 is 36.9. The molecule has 1 aromatic carbocycles. The van der Waals surface area contributed by atoms with Gasteiger partial charge in [0.1, 0.15) is 0 Å². The highest BCUT2D eigenvalue weighted by Crippen LogP contribution is 2.30. The van der Waals surface area contributed by atoms with Crippen LogP contribution < -0.4 is 5.73 Å². The number of hydrogen-bond donors (Lipinski definition) is 1. The van der Waals surface area contributed by atoms with E-state index >= 15 is 0 Å². The minimum atomic E-state index is -4.60. The Bertz CT molecular complexity index is 488. The van der Waals surface area contributed by atoms with Gasteiger partial charge in [0.25, 0.3) is 0 Å². The molecule has 0 bridgehead atoms. The maximum atomic E-state index is 12.3. The molecule has 1 rings (SSSR count). The number of amides is 1. The van der Waals surface area contributed by atoms with Crippen LogP contribution in [0.25, 0.3) is 0 Å². The lowest BCUT2D eigenvalue weighted by Crippen LogP contribution is -2.14. The molecule has 0 fully saturated rings. The SMILES string of the molecule is CCCCC.N#Cc1cc(C(N)=O)cc(C(F)(F)F)c1. The van der Waals surface area contributed by atoms with Gasteiger partial charge in [-0.3, -0.25) is 4.79 Å². The molecule has 1 amide bonds. The van der Waals surface area contributed by atoms with E-state index in [2.05, 4.69) is 13.8 Å². The number of alkyl halides is 3. The molecule has 0 atom stereocenters. The molecule has 3 nitrogen and oxygen atoms in total. The summed E-state index contributed by atoms with van der Waals surface area (Å²) in [6.45, 7) is 4.42. The molecule has 1 aromatic rings. The van der Waals surface area contributed by atoms with Crippen LogP contribution in [0, 0.1) is 11.3 Å². The van der Waals surface area contributed by atoms with E-state index in [-0.39, 0.29) is 11.1 Å². The predicted molar refractivity (Wildman–Crippen MR) is 69.9 cm³/mol. The molecule has 0 aromatic heterocycles. The number of nitrogens with zero attached hydrogens (tertiary/aromatic N) is 1. The fourth-order valence-corrected chi connectivity index (χ4v) is 1.35. The van der Waals surface area contributed by atoms with Crippen molar-refractivity contribution in [3.63, 3.8) is 0 Å². The number of halogens is 3. The molecule has 0 aliphatic heterocycles. The largest absolute Gasteiger partial charge is 0.416 e. The lowest BCUT2D eigenvalue weighted by Gasteiger charge is -2.07. The van der Waals surface area contributed by atoms with Crippen LogP contribution in [-0.2, 0) is 6.18 Å². The van der Waals surface area contributed by atoms with Crippen LogP contribution in [0.4, 0.5) is 13.2 Å². The number of nitriles is 1. The van der Waals surface area contributed by atoms with Gasteiger partial charge >= 0.3 is 6.18 Å². The number of hydrogen-bond acceptors (Lipinski definition) is 2. The number of benzene rings is 1. The molecule has 0 aliphatic rings. The molecule has 0 radical (unpaired) electrons. The van der Waals surface area contributed by atoms with Crippen molar-refractivity contribution in [3.8, 4) is 6.07 Å². The topological polar surface area (TPSA) is 66.9 Å². The van der Waals surface area contributed by atoms with Crippen molar-refractivity contribution in [1.82, 2.24) is 0 Å². The van der Waals surface area contributed by atoms with Gasteiger partial charge < -0.3 is 5.73 Å². The Morgan fingerprint density at radius 1 is 1.25 bits per heavy atom. The van der Waals surface area contributed by atoms with Gasteiger partial charge in [-0.2, -0.15) is 18.4 Å². The summed E-state index contributed by atoms with van der Waals surface area (Å²) in [4.78, 5) is 10.7. The second-order valence-corrected chi connectivity index (χ2v) is 4.13. The second kappa shape index (κ2) is 8.20. The minimum Gasteiger partial charge on any atom is -0.366 e. The first-order valence-electron chi connectivity index (χ1n) is 6.18. The Morgan fingerprint density at radius 2 is 1.80 bits per heavy atom. The van der Waals surface area contributed by atoms with Gasteiger partial charge in [-0.25, -0.2) is 0 Å². The fraction of sp³-hybridized carbons (Fsp3) is 0.429. The fourth-order valence-electron chi connectivity index (χ4n) is 1.35. The third-order valence-electron chi connectivity index (χ3n) is 2.38. The van der Waals surface area contributed by atoms with E-state index in [9.17, 15) is 18.0 Å². The maximum absolute atomic E-state index is 12.3. The zero-order valence-electron chi connectivity index (χ0n) is 11.4. The Morgan fingerprint density at radius 3 is 2.10 bits per heavy atom. The third kappa shape index (κ3) is 6.23. The molecule has 110 valence electrons. The van der Waals surface area contributed by atoms with Gasteiger partial charge in [-0.15, -0.1) is 0 Å². The zero-order chi connectivity index (χ0) is 15.8. The van der Waals surface area contributed by atoms with Crippen molar-refractivity contribution in [2.24, 2.45) is 5.73 Å². The molecule has 0 spiro atoms. The smallest absolute Gasteiger partial charge is 0.366 e. The van der Waals surface area contributed by atoms with Crippen LogP contribution in [0.1, 0.15) is 54.6 Å². The molecule has 6 heteroatoms. The normalized spacial score (nSPS) is 10.2. The molecule has 0 aliphatic carbocycles. The highest BCUT2D eigenvalue weighted by Gasteiger charge is 2.31. The number of primary amides is 1. The van der Waals surface area contributed by atoms with Crippen molar-refractivity contribution in [2.75, 3.05) is 0 Å². The first-order valence-corrected chi connectivity index (χ1v) is 6.18. The number of carbonyl (C=O) groups is 1. The van der Waals surface area contributed by atoms with Gasteiger partial charge in [-0.05, 0) is 18.2 Å². The standard InChI is InChI=1S/C9H5F3N2O.C5H12/c10-9(11,12)7-2-5(4-13)1-6(3-7)8(14)15;1-3-5-4-2/h1-3H,(H2,14,15);3-5H2,1-2H3. The van der Waals surface area contributed by atoms with Gasteiger partial charge in [0.05, 0.1) is 17.2 Å². The Labute approximate surface area is 116 Å². The van der Waals surface area contributed by atoms with Crippen LogP contribution in [0.15, 0.2) is 18.2 Å². The Kier molecular flexibility index (Phi) is 7.37. The summed E-state index contributed by atoms with van der Waals surface area (Å²) in [6, 6.07) is 3.81. The third-order valence-corrected chi connectivity index (χ3v) is 2.38. The van der Waals surface area contributed by atoms with E-state index in [0.717, 1.165) is 6.07 Å². The van der Waals surface area contributed by atoms with Gasteiger partial charge in [-0.1, -0.05) is 33.1 Å². The quantitative estimate of drug-likeness (QED) is 0.916. The number of unbranched alkanes of at least 4 members (excludes halogenated alkanes) is 2. The summed E-state index contributed by atoms with van der Waals surface area (Å²) in [6.07, 6.45) is -0.524. The lowest BCUT2D eigenvalue weighted by atomic mass is 10.1. The molecule has 20 heavy (non-hydrogen) atoms. The highest BCUT2D eigenvalue weighted by atomic mass is 19.4. The van der Waals surface area contributed by atoms with Crippen LogP contribution in [0.5, 0.6) is 0 Å². The number of carbonyl (C=O) groups excluding carboxylic acids is 1. The molecular formula is C14H17F3N2O. The summed E-state index contributed by atoms with van der Waals surface area (Å²) in [7, 11) is 0. The first kappa shape index (κ1) is 18.0. The van der Waals surface area contributed by atoms with Crippen molar-refractivity contribution in [2.45, 2.75) is 39.3 Å². The van der Waals surface area contributed by atoms with Crippen molar-refractivity contribution < 1.29 is 18.0 Å². The monoisotopic (exact) mass is 286 g/mol. The van der Waals surface area contributed by atoms with Crippen molar-refractivity contribution in [1.29, 1.82) is 5.26 Å². The van der Waals surface area contributed by atoms with Crippen LogP contribution in [0.3, 0.4) is 0 Å². The van der Waals surface area contributed by atoms with Crippen molar-refractivity contribution in [3.05, 3.63) is 34.9 Å². The summed E-state index contributed by atoms with van der Waals surface area (Å²) in [5, 5.41) is 8.46. The second-order valence-electron chi connectivity index (χ2n) is 4.13. The van der Waals surface area contributed by atoms with E-state index in [1.165, 1.54) is 25.3 Å². The van der Waals surface area contributed by atoms with E-state index in [0.29, 0.717) is 12.1 Å². The molecule has 0 unspecified atom stereocenters. The minimum absolute atomic E-state index is 0.251. The predicted octanol–water partition coefficient (Wildman–Crippen LogP) is 3.87. The van der Waals surface area contributed by atoms with E-state index in [4.69, 9.17) is 11.0 Å². The molecule has 0 saturated carbocycles. The Hall–Kier alpha value is -2.03. The van der Waals surface area contributed by atoms with Gasteiger partial charge in [0.2, 0.25) is 5.91 Å². The van der Waals surface area contributed by atoms with Crippen LogP contribution in [0.2, 0.25) is 0 Å². The number of nitrogens with two attached hydrogens (primary N) is 1. The Balaban J connectivity index is 0.000000621. The van der Waals surface area contributed by atoms with E-state index < -0.39 is 17.6 Å². The molecular weight excluding hydrogens is 269 g/mol. The van der Waals surface area contributed by atoms with Crippen LogP contribution in [-0.4, -0.2) is 5.91 Å². The summed E-state index contributed by atoms with van der Waals surface area (Å²) in [5.41, 5.74) is 3.19. The van der Waals surface area contributed by atoms with Gasteiger partial charge in [0.15, 0.2) is 0 Å². The van der Waals surface area contributed by atoms with Gasteiger partial charge in [0, 0.05) is 5.56 Å². The lowest BCUT2D eigenvalue weighted by molar-refractivity contribution is -0.137. The average Bonchev–Trinajstić information content (AvgIpc) is 2.38. The first-order chi connectivity index (χ1) is 9.26. The van der Waals surface area contributed by atoms with Crippen LogP contribution >= 0.6 is 0 Å². The van der Waals surface area contributed by atoms with Crippen molar-refractivity contribution >= 4 is 5.91 Å². The summed E-state index contributed by atoms with van der Waals surface area (Å²) in [5.74, 6) is -1.00. The summed E-state index contributed by atoms with van der Waals surface area (Å²) >= 11 is 0. The molecule has 2 N–H and O–H groups in total. The molecule has 0 saturated heterocycles. The van der Waals surface area contributed by atoms with E-state index in [1.54, 1.807) is 0 Å². The highest BCUT2D eigenvalue weighted by molar-refractivity contribution is 5.93.